The van der Waals surface area contributed by atoms with Gasteiger partial charge in [0.05, 0.1) is 25.3 Å². The number of hydrogen-bond acceptors (Lipinski definition) is 2. The Kier molecular flexibility index (Phi) is 7.26. The highest BCUT2D eigenvalue weighted by atomic mass is 79.9. The van der Waals surface area contributed by atoms with Crippen molar-refractivity contribution in [2.75, 3.05) is 59.6 Å². The van der Waals surface area contributed by atoms with E-state index < -0.39 is 0 Å². The highest BCUT2D eigenvalue weighted by Crippen LogP contribution is 2.27. The van der Waals surface area contributed by atoms with Crippen molar-refractivity contribution < 1.29 is 19.3 Å². The largest absolute Gasteiger partial charge is 0.490 e. The van der Waals surface area contributed by atoms with E-state index in [1.54, 1.807) is 9.80 Å². The molecule has 1 heterocycles. The molecule has 0 unspecified atom stereocenters. The van der Waals surface area contributed by atoms with Crippen LogP contribution in [0.1, 0.15) is 0 Å². The molecule has 0 amide bonds. The van der Waals surface area contributed by atoms with E-state index in [-0.39, 0.29) is 0 Å². The van der Waals surface area contributed by atoms with Crippen molar-refractivity contribution in [1.82, 2.24) is 0 Å². The summed E-state index contributed by atoms with van der Waals surface area (Å²) in [6, 6.07) is 5.61. The predicted octanol–water partition coefficient (Wildman–Crippen LogP) is -0.0889. The second-order valence-electron chi connectivity index (χ2n) is 5.49. The van der Waals surface area contributed by atoms with Crippen LogP contribution in [0.5, 0.6) is 5.75 Å². The zero-order valence-electron chi connectivity index (χ0n) is 12.5. The number of likely N-dealkylation sites (N-methyl/N-ethyl adjacent to an activating group) is 1. The fraction of sp³-hybridized carbons (Fsp3) is 0.600. The van der Waals surface area contributed by atoms with Crippen LogP contribution >= 0.6 is 27.5 Å². The maximum atomic E-state index is 6.08. The van der Waals surface area contributed by atoms with Crippen LogP contribution in [0.4, 0.5) is 0 Å². The van der Waals surface area contributed by atoms with E-state index >= 15 is 0 Å². The quantitative estimate of drug-likeness (QED) is 0.648. The lowest BCUT2D eigenvalue weighted by Crippen LogP contribution is -3.27. The smallest absolute Gasteiger partial charge is 0.138 e. The number of benzene rings is 1. The van der Waals surface area contributed by atoms with Gasteiger partial charge in [-0.15, -0.1) is 0 Å². The summed E-state index contributed by atoms with van der Waals surface area (Å²) in [5.74, 6) is 0.705. The average Bonchev–Trinajstić information content (AvgIpc) is 2.46. The minimum atomic E-state index is 0.531. The third kappa shape index (κ3) is 6.12. The molecule has 1 aromatic rings. The van der Waals surface area contributed by atoms with Gasteiger partial charge in [-0.2, -0.15) is 0 Å². The zero-order chi connectivity index (χ0) is 15.1. The molecule has 6 heteroatoms. The average molecular weight is 380 g/mol. The second-order valence-corrected chi connectivity index (χ2v) is 6.82. The van der Waals surface area contributed by atoms with E-state index in [1.807, 2.05) is 18.2 Å². The van der Waals surface area contributed by atoms with E-state index in [9.17, 15) is 0 Å². The van der Waals surface area contributed by atoms with Gasteiger partial charge in [0.25, 0.3) is 0 Å². The van der Waals surface area contributed by atoms with Crippen molar-refractivity contribution in [1.29, 1.82) is 0 Å². The van der Waals surface area contributed by atoms with E-state index in [1.165, 1.54) is 26.2 Å². The van der Waals surface area contributed by atoms with Gasteiger partial charge in [0, 0.05) is 4.47 Å². The van der Waals surface area contributed by atoms with Crippen LogP contribution in [0.25, 0.3) is 0 Å². The first kappa shape index (κ1) is 17.0. The van der Waals surface area contributed by atoms with Gasteiger partial charge in [-0.25, -0.2) is 0 Å². The molecule has 0 saturated carbocycles. The number of ether oxygens (including phenoxy) is 2. The molecule has 1 aliphatic rings. The molecule has 0 bridgehead atoms. The van der Waals surface area contributed by atoms with Crippen molar-refractivity contribution in [3.63, 3.8) is 0 Å². The summed E-state index contributed by atoms with van der Waals surface area (Å²) >= 11 is 9.45. The topological polar surface area (TPSA) is 27.3 Å². The maximum absolute atomic E-state index is 6.08. The first-order valence-corrected chi connectivity index (χ1v) is 8.62. The minimum Gasteiger partial charge on any atom is -0.490 e. The SMILES string of the molecule is C[NH+]1CC[NH+](CCOCCOc2ccc(Br)cc2Cl)CC1. The summed E-state index contributed by atoms with van der Waals surface area (Å²) in [4.78, 5) is 3.29. The van der Waals surface area contributed by atoms with Crippen molar-refractivity contribution in [2.45, 2.75) is 0 Å². The summed E-state index contributed by atoms with van der Waals surface area (Å²) in [6.45, 7) is 8.05. The molecular weight excluding hydrogens is 356 g/mol. The van der Waals surface area contributed by atoms with Gasteiger partial charge in [-0.1, -0.05) is 27.5 Å². The summed E-state index contributed by atoms with van der Waals surface area (Å²) in [5, 5.41) is 0.619. The third-order valence-corrected chi connectivity index (χ3v) is 4.58. The summed E-state index contributed by atoms with van der Waals surface area (Å²) in [5.41, 5.74) is 0. The van der Waals surface area contributed by atoms with Crippen molar-refractivity contribution in [3.8, 4) is 5.75 Å². The van der Waals surface area contributed by atoms with Crippen LogP contribution in [-0.4, -0.2) is 59.6 Å². The predicted molar refractivity (Wildman–Crippen MR) is 87.7 cm³/mol. The van der Waals surface area contributed by atoms with Gasteiger partial charge in [0.1, 0.15) is 45.1 Å². The number of rotatable bonds is 7. The van der Waals surface area contributed by atoms with Gasteiger partial charge in [0.15, 0.2) is 0 Å². The molecule has 1 aromatic carbocycles. The number of quaternary nitrogens is 2. The van der Waals surface area contributed by atoms with Gasteiger partial charge in [-0.05, 0) is 18.2 Å². The van der Waals surface area contributed by atoms with Crippen molar-refractivity contribution in [3.05, 3.63) is 27.7 Å². The fourth-order valence-electron chi connectivity index (χ4n) is 2.40. The molecular formula is C15H24BrClN2O2+2. The Morgan fingerprint density at radius 2 is 1.90 bits per heavy atom. The Morgan fingerprint density at radius 3 is 2.62 bits per heavy atom. The summed E-state index contributed by atoms with van der Waals surface area (Å²) in [7, 11) is 2.26. The van der Waals surface area contributed by atoms with E-state index in [4.69, 9.17) is 21.1 Å². The van der Waals surface area contributed by atoms with Crippen LogP contribution in [0, 0.1) is 0 Å². The Bertz CT molecular complexity index is 440. The van der Waals surface area contributed by atoms with Crippen molar-refractivity contribution in [2.24, 2.45) is 0 Å². The Balaban J connectivity index is 1.54. The molecule has 4 nitrogen and oxygen atoms in total. The first-order chi connectivity index (χ1) is 10.1. The molecule has 0 radical (unpaired) electrons. The number of nitrogens with one attached hydrogen (secondary N) is 2. The van der Waals surface area contributed by atoms with Gasteiger partial charge >= 0.3 is 0 Å². The molecule has 1 fully saturated rings. The molecule has 1 aliphatic heterocycles. The maximum Gasteiger partial charge on any atom is 0.138 e. The molecule has 21 heavy (non-hydrogen) atoms. The van der Waals surface area contributed by atoms with Crippen LogP contribution in [0.2, 0.25) is 5.02 Å². The van der Waals surface area contributed by atoms with Crippen LogP contribution in [0.15, 0.2) is 22.7 Å². The Morgan fingerprint density at radius 1 is 1.14 bits per heavy atom. The zero-order valence-corrected chi connectivity index (χ0v) is 14.8. The van der Waals surface area contributed by atoms with Gasteiger partial charge in [-0.3, -0.25) is 0 Å². The van der Waals surface area contributed by atoms with Gasteiger partial charge < -0.3 is 19.3 Å². The van der Waals surface area contributed by atoms with Crippen LogP contribution in [0.3, 0.4) is 0 Å². The monoisotopic (exact) mass is 378 g/mol. The highest BCUT2D eigenvalue weighted by molar-refractivity contribution is 9.10. The van der Waals surface area contributed by atoms with Gasteiger partial charge in [0.2, 0.25) is 0 Å². The third-order valence-electron chi connectivity index (χ3n) is 3.79. The molecule has 2 N–H and O–H groups in total. The normalized spacial score (nSPS) is 22.2. The fourth-order valence-corrected chi connectivity index (χ4v) is 3.13. The Hall–Kier alpha value is -0.330. The lowest BCUT2D eigenvalue weighted by Gasteiger charge is -2.27. The summed E-state index contributed by atoms with van der Waals surface area (Å²) < 4.78 is 12.2. The number of halogens is 2. The molecule has 1 saturated heterocycles. The van der Waals surface area contributed by atoms with Crippen LogP contribution < -0.4 is 14.5 Å². The molecule has 0 aromatic heterocycles. The molecule has 0 spiro atoms. The lowest BCUT2D eigenvalue weighted by molar-refractivity contribution is -1.00. The number of piperazine rings is 1. The molecule has 118 valence electrons. The highest BCUT2D eigenvalue weighted by Gasteiger charge is 2.18. The second kappa shape index (κ2) is 8.96. The standard InChI is InChI=1S/C15H22BrClN2O2/c1-18-4-6-19(7-5-18)8-9-20-10-11-21-15-3-2-13(16)12-14(15)17/h2-3,12H,4-11H2,1H3/p+2. The first-order valence-electron chi connectivity index (χ1n) is 7.45. The molecule has 2 rings (SSSR count). The van der Waals surface area contributed by atoms with E-state index in [2.05, 4.69) is 23.0 Å². The van der Waals surface area contributed by atoms with Crippen molar-refractivity contribution >= 4 is 27.5 Å². The number of hydrogen-bond donors (Lipinski definition) is 2. The summed E-state index contributed by atoms with van der Waals surface area (Å²) in [6.07, 6.45) is 0. The van der Waals surface area contributed by atoms with E-state index in [0.29, 0.717) is 24.0 Å². The molecule has 0 aliphatic carbocycles. The Labute approximate surface area is 140 Å². The molecule has 0 atom stereocenters. The van der Waals surface area contributed by atoms with E-state index in [0.717, 1.165) is 17.6 Å². The minimum absolute atomic E-state index is 0.531. The lowest BCUT2D eigenvalue weighted by atomic mass is 10.3. The van der Waals surface area contributed by atoms with Crippen LogP contribution in [-0.2, 0) is 4.74 Å².